The Labute approximate surface area is 204 Å². The molecule has 0 saturated carbocycles. The van der Waals surface area contributed by atoms with Crippen molar-refractivity contribution in [3.8, 4) is 17.2 Å². The molecule has 2 atom stereocenters. The Kier molecular flexibility index (Phi) is 7.50. The van der Waals surface area contributed by atoms with E-state index in [0.717, 1.165) is 11.3 Å². The molecule has 35 heavy (non-hydrogen) atoms. The predicted molar refractivity (Wildman–Crippen MR) is 131 cm³/mol. The van der Waals surface area contributed by atoms with Gasteiger partial charge in [0.1, 0.15) is 5.75 Å². The van der Waals surface area contributed by atoms with Gasteiger partial charge in [0, 0.05) is 36.3 Å². The summed E-state index contributed by atoms with van der Waals surface area (Å²) in [7, 11) is 4.71. The summed E-state index contributed by atoms with van der Waals surface area (Å²) in [6, 6.07) is 18.2. The van der Waals surface area contributed by atoms with Crippen molar-refractivity contribution < 1.29 is 23.8 Å². The van der Waals surface area contributed by atoms with Gasteiger partial charge in [0.2, 0.25) is 5.91 Å². The normalized spacial score (nSPS) is 17.1. The molecule has 1 aliphatic rings. The minimum Gasteiger partial charge on any atom is -0.497 e. The third kappa shape index (κ3) is 5.21. The van der Waals surface area contributed by atoms with Crippen LogP contribution in [0.2, 0.25) is 0 Å². The molecule has 0 bridgehead atoms. The van der Waals surface area contributed by atoms with Crippen molar-refractivity contribution in [2.24, 2.45) is 5.92 Å². The largest absolute Gasteiger partial charge is 0.497 e. The lowest BCUT2D eigenvalue weighted by Gasteiger charge is -2.21. The maximum Gasteiger partial charge on any atom is 0.254 e. The second-order valence-corrected chi connectivity index (χ2v) is 8.28. The van der Waals surface area contributed by atoms with E-state index in [1.807, 2.05) is 36.4 Å². The molecule has 1 fully saturated rings. The molecule has 2 amide bonds. The molecule has 1 N–H and O–H groups in total. The third-order valence-corrected chi connectivity index (χ3v) is 6.26. The average molecular weight is 476 g/mol. The van der Waals surface area contributed by atoms with Crippen LogP contribution >= 0.6 is 0 Å². The number of carbonyl (C=O) groups is 2. The molecule has 8 heteroatoms. The molecule has 1 saturated heterocycles. The van der Waals surface area contributed by atoms with E-state index < -0.39 is 5.92 Å². The molecular formula is C27H29N3O5. The Bertz CT molecular complexity index is 1180. The number of hydrogen-bond acceptors (Lipinski definition) is 6. The van der Waals surface area contributed by atoms with Crippen molar-refractivity contribution in [3.63, 3.8) is 0 Å². The third-order valence-electron chi connectivity index (χ3n) is 6.26. The lowest BCUT2D eigenvalue weighted by molar-refractivity contribution is -0.125. The van der Waals surface area contributed by atoms with Crippen LogP contribution in [0.4, 0.5) is 0 Å². The Balaban J connectivity index is 1.63. The van der Waals surface area contributed by atoms with E-state index in [1.165, 1.54) is 0 Å². The second kappa shape index (κ2) is 10.9. The van der Waals surface area contributed by atoms with E-state index in [9.17, 15) is 9.59 Å². The van der Waals surface area contributed by atoms with Gasteiger partial charge in [0.05, 0.1) is 39.5 Å². The van der Waals surface area contributed by atoms with Gasteiger partial charge in [-0.1, -0.05) is 24.3 Å². The first kappa shape index (κ1) is 24.1. The molecule has 3 aromatic rings. The number of para-hydroxylation sites is 1. The van der Waals surface area contributed by atoms with E-state index in [-0.39, 0.29) is 24.3 Å². The Morgan fingerprint density at radius 3 is 2.51 bits per heavy atom. The van der Waals surface area contributed by atoms with Crippen LogP contribution in [-0.4, -0.2) is 56.1 Å². The first-order valence-electron chi connectivity index (χ1n) is 11.4. The number of aromatic nitrogens is 1. The fourth-order valence-electron chi connectivity index (χ4n) is 4.50. The quantitative estimate of drug-likeness (QED) is 0.538. The van der Waals surface area contributed by atoms with Crippen LogP contribution in [0.5, 0.6) is 17.2 Å². The monoisotopic (exact) mass is 475 g/mol. The van der Waals surface area contributed by atoms with Crippen molar-refractivity contribution in [1.82, 2.24) is 15.2 Å². The van der Waals surface area contributed by atoms with Crippen LogP contribution in [-0.2, 0) is 11.3 Å². The molecular weight excluding hydrogens is 446 g/mol. The van der Waals surface area contributed by atoms with Gasteiger partial charge in [-0.3, -0.25) is 14.6 Å². The molecule has 0 spiro atoms. The number of pyridine rings is 1. The van der Waals surface area contributed by atoms with E-state index in [2.05, 4.69) is 10.3 Å². The van der Waals surface area contributed by atoms with Crippen LogP contribution in [0.25, 0.3) is 0 Å². The standard InChI is InChI=1S/C27H29N3O5/c1-33-20-10-6-8-18(14-20)27(32)30-16-22(21-11-7-12-24(34-2)25(21)35-3)23(17-30)26(31)29-15-19-9-4-5-13-28-19/h4-14,22-23H,15-17H2,1-3H3,(H,29,31)/t22-,23+/m1/s1. The summed E-state index contributed by atoms with van der Waals surface area (Å²) < 4.78 is 16.4. The van der Waals surface area contributed by atoms with Gasteiger partial charge in [-0.15, -0.1) is 0 Å². The van der Waals surface area contributed by atoms with Gasteiger partial charge < -0.3 is 24.4 Å². The second-order valence-electron chi connectivity index (χ2n) is 8.28. The summed E-state index contributed by atoms with van der Waals surface area (Å²) in [4.78, 5) is 32.8. The number of likely N-dealkylation sites (tertiary alicyclic amines) is 1. The van der Waals surface area contributed by atoms with Gasteiger partial charge in [-0.2, -0.15) is 0 Å². The van der Waals surface area contributed by atoms with Gasteiger partial charge in [-0.25, -0.2) is 0 Å². The highest BCUT2D eigenvalue weighted by Crippen LogP contribution is 2.42. The van der Waals surface area contributed by atoms with Crippen LogP contribution in [0.3, 0.4) is 0 Å². The first-order valence-corrected chi connectivity index (χ1v) is 11.4. The summed E-state index contributed by atoms with van der Waals surface area (Å²) in [5, 5.41) is 2.99. The van der Waals surface area contributed by atoms with Crippen LogP contribution in [0, 0.1) is 5.92 Å². The predicted octanol–water partition coefficient (Wildman–Crippen LogP) is 3.28. The van der Waals surface area contributed by atoms with Crippen LogP contribution in [0.15, 0.2) is 66.9 Å². The molecule has 2 heterocycles. The summed E-state index contributed by atoms with van der Waals surface area (Å²) >= 11 is 0. The van der Waals surface area contributed by atoms with Crippen molar-refractivity contribution >= 4 is 11.8 Å². The van der Waals surface area contributed by atoms with E-state index in [1.54, 1.807) is 56.7 Å². The summed E-state index contributed by atoms with van der Waals surface area (Å²) in [5.41, 5.74) is 2.10. The average Bonchev–Trinajstić information content (AvgIpc) is 3.36. The molecule has 4 rings (SSSR count). The highest BCUT2D eigenvalue weighted by atomic mass is 16.5. The number of ether oxygens (including phenoxy) is 3. The minimum absolute atomic E-state index is 0.147. The van der Waals surface area contributed by atoms with Crippen molar-refractivity contribution in [2.75, 3.05) is 34.4 Å². The molecule has 0 radical (unpaired) electrons. The van der Waals surface area contributed by atoms with Crippen LogP contribution < -0.4 is 19.5 Å². The number of benzene rings is 2. The molecule has 0 unspecified atom stereocenters. The van der Waals surface area contributed by atoms with Crippen molar-refractivity contribution in [3.05, 3.63) is 83.7 Å². The molecule has 182 valence electrons. The smallest absolute Gasteiger partial charge is 0.254 e. The maximum atomic E-state index is 13.4. The summed E-state index contributed by atoms with van der Waals surface area (Å²) in [5.74, 6) is 0.689. The number of methoxy groups -OCH3 is 3. The first-order chi connectivity index (χ1) is 17.0. The molecule has 0 aliphatic carbocycles. The Morgan fingerprint density at radius 1 is 0.971 bits per heavy atom. The zero-order valence-electron chi connectivity index (χ0n) is 20.1. The molecule has 1 aliphatic heterocycles. The number of hydrogen-bond donors (Lipinski definition) is 1. The lowest BCUT2D eigenvalue weighted by atomic mass is 9.87. The number of amides is 2. The topological polar surface area (TPSA) is 90.0 Å². The fraction of sp³-hybridized carbons (Fsp3) is 0.296. The van der Waals surface area contributed by atoms with E-state index in [4.69, 9.17) is 14.2 Å². The van der Waals surface area contributed by atoms with Crippen molar-refractivity contribution in [1.29, 1.82) is 0 Å². The minimum atomic E-state index is -0.478. The van der Waals surface area contributed by atoms with Gasteiger partial charge in [0.25, 0.3) is 5.91 Å². The molecule has 1 aromatic heterocycles. The summed E-state index contributed by atoms with van der Waals surface area (Å²) in [6.07, 6.45) is 1.69. The maximum absolute atomic E-state index is 13.4. The number of carbonyl (C=O) groups excluding carboxylic acids is 2. The van der Waals surface area contributed by atoms with Crippen molar-refractivity contribution in [2.45, 2.75) is 12.5 Å². The van der Waals surface area contributed by atoms with Gasteiger partial charge in [0.15, 0.2) is 11.5 Å². The highest BCUT2D eigenvalue weighted by Gasteiger charge is 2.42. The zero-order chi connectivity index (χ0) is 24.8. The Morgan fingerprint density at radius 2 is 1.80 bits per heavy atom. The number of nitrogens with one attached hydrogen (secondary N) is 1. The fourth-order valence-corrected chi connectivity index (χ4v) is 4.50. The highest BCUT2D eigenvalue weighted by molar-refractivity contribution is 5.95. The summed E-state index contributed by atoms with van der Waals surface area (Å²) in [6.45, 7) is 0.943. The molecule has 2 aromatic carbocycles. The number of rotatable bonds is 8. The van der Waals surface area contributed by atoms with Crippen LogP contribution in [0.1, 0.15) is 27.5 Å². The lowest BCUT2D eigenvalue weighted by Crippen LogP contribution is -2.35. The van der Waals surface area contributed by atoms with E-state index in [0.29, 0.717) is 35.9 Å². The van der Waals surface area contributed by atoms with Gasteiger partial charge in [-0.05, 0) is 36.4 Å². The van der Waals surface area contributed by atoms with Gasteiger partial charge >= 0.3 is 0 Å². The van der Waals surface area contributed by atoms with E-state index >= 15 is 0 Å². The number of nitrogens with zero attached hydrogens (tertiary/aromatic N) is 2. The SMILES string of the molecule is COc1cccc(C(=O)N2C[C@H](C(=O)NCc3ccccn3)[C@@H](c3cccc(OC)c3OC)C2)c1. The zero-order valence-corrected chi connectivity index (χ0v) is 20.1. The Hall–Kier alpha value is -4.07. The molecule has 8 nitrogen and oxygen atoms in total.